The molecule has 7 nitrogen and oxygen atoms in total. The zero-order valence-electron chi connectivity index (χ0n) is 8.93. The predicted molar refractivity (Wildman–Crippen MR) is 55.0 cm³/mol. The van der Waals surface area contributed by atoms with Crippen LogP contribution in [0.2, 0.25) is 0 Å². The van der Waals surface area contributed by atoms with Gasteiger partial charge in [-0.2, -0.15) is 4.72 Å². The van der Waals surface area contributed by atoms with Crippen LogP contribution in [0.25, 0.3) is 0 Å². The molecular weight excluding hydrogens is 234 g/mol. The van der Waals surface area contributed by atoms with Gasteiger partial charge in [0.25, 0.3) is 10.0 Å². The number of sulfonamides is 1. The summed E-state index contributed by atoms with van der Waals surface area (Å²) in [6, 6.07) is -0.937. The van der Waals surface area contributed by atoms with E-state index in [1.54, 1.807) is 6.92 Å². The van der Waals surface area contributed by atoms with Crippen molar-refractivity contribution in [1.82, 2.24) is 14.7 Å². The second-order valence-electron chi connectivity index (χ2n) is 3.01. The van der Waals surface area contributed by atoms with Crippen molar-refractivity contribution in [3.63, 3.8) is 0 Å². The monoisotopic (exact) mass is 247 g/mol. The van der Waals surface area contributed by atoms with Crippen LogP contribution in [-0.4, -0.2) is 37.0 Å². The van der Waals surface area contributed by atoms with Crippen molar-refractivity contribution in [2.75, 3.05) is 6.61 Å². The summed E-state index contributed by atoms with van der Waals surface area (Å²) in [7, 11) is -3.75. The standard InChI is InChI=1S/C8H13N3O4S/c1-3-15-8(12)6(2)11-16(13,14)7-4-9-5-10-7/h4-6,11H,3H2,1-2H3,(H,9,10). The minimum atomic E-state index is -3.75. The van der Waals surface area contributed by atoms with Crippen LogP contribution in [0.15, 0.2) is 17.6 Å². The van der Waals surface area contributed by atoms with E-state index in [1.165, 1.54) is 13.3 Å². The largest absolute Gasteiger partial charge is 0.465 e. The summed E-state index contributed by atoms with van der Waals surface area (Å²) in [6.45, 7) is 3.26. The lowest BCUT2D eigenvalue weighted by atomic mass is 10.4. The van der Waals surface area contributed by atoms with Gasteiger partial charge in [0.2, 0.25) is 0 Å². The fourth-order valence-electron chi connectivity index (χ4n) is 1.00. The van der Waals surface area contributed by atoms with Gasteiger partial charge in [0.1, 0.15) is 6.04 Å². The van der Waals surface area contributed by atoms with E-state index in [2.05, 4.69) is 19.4 Å². The smallest absolute Gasteiger partial charge is 0.323 e. The van der Waals surface area contributed by atoms with E-state index in [9.17, 15) is 13.2 Å². The molecule has 1 heterocycles. The van der Waals surface area contributed by atoms with E-state index in [4.69, 9.17) is 0 Å². The highest BCUT2D eigenvalue weighted by Gasteiger charge is 2.23. The lowest BCUT2D eigenvalue weighted by molar-refractivity contribution is -0.144. The van der Waals surface area contributed by atoms with Crippen LogP contribution in [0, 0.1) is 0 Å². The first-order chi connectivity index (χ1) is 7.47. The Morgan fingerprint density at radius 3 is 2.88 bits per heavy atom. The van der Waals surface area contributed by atoms with Crippen LogP contribution in [-0.2, 0) is 19.6 Å². The third-order valence-corrected chi connectivity index (χ3v) is 3.20. The van der Waals surface area contributed by atoms with Gasteiger partial charge in [-0.3, -0.25) is 4.79 Å². The van der Waals surface area contributed by atoms with Crippen molar-refractivity contribution in [2.45, 2.75) is 24.9 Å². The van der Waals surface area contributed by atoms with Gasteiger partial charge in [-0.05, 0) is 13.8 Å². The van der Waals surface area contributed by atoms with Crippen molar-refractivity contribution in [3.8, 4) is 0 Å². The Labute approximate surface area is 93.3 Å². The summed E-state index contributed by atoms with van der Waals surface area (Å²) in [6.07, 6.45) is 2.39. The van der Waals surface area contributed by atoms with E-state index in [1.807, 2.05) is 0 Å². The molecule has 2 N–H and O–H groups in total. The highest BCUT2D eigenvalue weighted by molar-refractivity contribution is 7.89. The number of nitrogens with one attached hydrogen (secondary N) is 2. The van der Waals surface area contributed by atoms with Crippen molar-refractivity contribution in [1.29, 1.82) is 0 Å². The molecule has 0 saturated heterocycles. The number of esters is 1. The zero-order valence-corrected chi connectivity index (χ0v) is 9.74. The fourth-order valence-corrected chi connectivity index (χ4v) is 2.10. The van der Waals surface area contributed by atoms with E-state index < -0.39 is 22.0 Å². The fraction of sp³-hybridized carbons (Fsp3) is 0.500. The lowest BCUT2D eigenvalue weighted by Crippen LogP contribution is -2.39. The van der Waals surface area contributed by atoms with Gasteiger partial charge in [-0.15, -0.1) is 0 Å². The van der Waals surface area contributed by atoms with E-state index in [-0.39, 0.29) is 11.6 Å². The van der Waals surface area contributed by atoms with Gasteiger partial charge in [0.15, 0.2) is 5.03 Å². The molecule has 1 rings (SSSR count). The normalized spacial score (nSPS) is 13.4. The summed E-state index contributed by atoms with van der Waals surface area (Å²) in [5.41, 5.74) is 0. The maximum Gasteiger partial charge on any atom is 0.323 e. The van der Waals surface area contributed by atoms with Crippen LogP contribution in [0.3, 0.4) is 0 Å². The maximum absolute atomic E-state index is 11.6. The average molecular weight is 247 g/mol. The molecule has 8 heteroatoms. The van der Waals surface area contributed by atoms with Crippen LogP contribution in [0.1, 0.15) is 13.8 Å². The van der Waals surface area contributed by atoms with Crippen LogP contribution in [0.5, 0.6) is 0 Å². The number of nitrogens with zero attached hydrogens (tertiary/aromatic N) is 1. The zero-order chi connectivity index (χ0) is 12.2. The van der Waals surface area contributed by atoms with Gasteiger partial charge < -0.3 is 9.72 Å². The quantitative estimate of drug-likeness (QED) is 0.692. The molecule has 1 aromatic heterocycles. The number of carbonyl (C=O) groups excluding carboxylic acids is 1. The van der Waals surface area contributed by atoms with E-state index in [0.29, 0.717) is 0 Å². The number of rotatable bonds is 5. The highest BCUT2D eigenvalue weighted by Crippen LogP contribution is 2.03. The number of hydrogen-bond acceptors (Lipinski definition) is 5. The number of aromatic amines is 1. The third kappa shape index (κ3) is 3.04. The topological polar surface area (TPSA) is 101 Å². The first-order valence-corrected chi connectivity index (χ1v) is 6.13. The van der Waals surface area contributed by atoms with Crippen molar-refractivity contribution < 1.29 is 17.9 Å². The third-order valence-electron chi connectivity index (χ3n) is 1.73. The van der Waals surface area contributed by atoms with Crippen LogP contribution >= 0.6 is 0 Å². The second-order valence-corrected chi connectivity index (χ2v) is 4.69. The van der Waals surface area contributed by atoms with Crippen LogP contribution < -0.4 is 4.72 Å². The molecule has 1 aromatic rings. The molecule has 0 amide bonds. The second kappa shape index (κ2) is 5.08. The number of carbonyl (C=O) groups is 1. The first-order valence-electron chi connectivity index (χ1n) is 4.64. The van der Waals surface area contributed by atoms with Gasteiger partial charge in [0, 0.05) is 0 Å². The molecule has 1 unspecified atom stereocenters. The molecule has 0 aromatic carbocycles. The van der Waals surface area contributed by atoms with Gasteiger partial charge in [-0.1, -0.05) is 0 Å². The molecule has 0 aliphatic heterocycles. The molecule has 0 bridgehead atoms. The SMILES string of the molecule is CCOC(=O)C(C)NS(=O)(=O)c1cnc[nH]1. The Morgan fingerprint density at radius 2 is 2.38 bits per heavy atom. The van der Waals surface area contributed by atoms with Crippen molar-refractivity contribution in [2.24, 2.45) is 0 Å². The summed E-state index contributed by atoms with van der Waals surface area (Å²) in [5, 5.41) is -0.0938. The average Bonchev–Trinajstić information content (AvgIpc) is 2.70. The molecule has 0 aliphatic carbocycles. The Bertz CT molecular complexity index is 440. The van der Waals surface area contributed by atoms with Crippen LogP contribution in [0.4, 0.5) is 0 Å². The Hall–Kier alpha value is -1.41. The minimum Gasteiger partial charge on any atom is -0.465 e. The highest BCUT2D eigenvalue weighted by atomic mass is 32.2. The minimum absolute atomic E-state index is 0.0938. The molecule has 90 valence electrons. The Kier molecular flexibility index (Phi) is 4.02. The molecule has 0 aliphatic rings. The molecule has 0 fully saturated rings. The molecule has 0 saturated carbocycles. The molecule has 1 atom stereocenters. The number of imidazole rings is 1. The summed E-state index contributed by atoms with van der Waals surface area (Å²) in [5.74, 6) is -0.620. The first kappa shape index (κ1) is 12.7. The maximum atomic E-state index is 11.6. The molecule has 0 radical (unpaired) electrons. The number of ether oxygens (including phenoxy) is 1. The van der Waals surface area contributed by atoms with E-state index in [0.717, 1.165) is 6.20 Å². The summed E-state index contributed by atoms with van der Waals surface area (Å²) < 4.78 is 30.1. The predicted octanol–water partition coefficient (Wildman–Crippen LogP) is -0.360. The Balaban J connectivity index is 2.71. The Morgan fingerprint density at radius 1 is 1.69 bits per heavy atom. The van der Waals surface area contributed by atoms with Gasteiger partial charge in [-0.25, -0.2) is 13.4 Å². The van der Waals surface area contributed by atoms with Gasteiger partial charge in [0.05, 0.1) is 19.1 Å². The lowest BCUT2D eigenvalue weighted by Gasteiger charge is -2.11. The number of hydrogen-bond donors (Lipinski definition) is 2. The van der Waals surface area contributed by atoms with Crippen molar-refractivity contribution >= 4 is 16.0 Å². The number of H-pyrrole nitrogens is 1. The van der Waals surface area contributed by atoms with Crippen molar-refractivity contribution in [3.05, 3.63) is 12.5 Å². The number of aromatic nitrogens is 2. The molecule has 0 spiro atoms. The molecule has 16 heavy (non-hydrogen) atoms. The summed E-state index contributed by atoms with van der Waals surface area (Å²) in [4.78, 5) is 17.2. The molecular formula is C8H13N3O4S. The summed E-state index contributed by atoms with van der Waals surface area (Å²) >= 11 is 0. The van der Waals surface area contributed by atoms with Gasteiger partial charge >= 0.3 is 5.97 Å². The van der Waals surface area contributed by atoms with E-state index >= 15 is 0 Å².